The Morgan fingerprint density at radius 3 is 2.60 bits per heavy atom. The molecule has 3 aliphatic heterocycles. The third-order valence-electron chi connectivity index (χ3n) is 8.20. The number of hydroxylamine groups is 2. The first-order valence-electron chi connectivity index (χ1n) is 14.3. The number of carboxylic acids is 1. The fourth-order valence-electron chi connectivity index (χ4n) is 6.03. The van der Waals surface area contributed by atoms with E-state index in [1.165, 1.54) is 12.2 Å². The van der Waals surface area contributed by atoms with E-state index in [-0.39, 0.29) is 25.2 Å². The monoisotopic (exact) mass is 561 g/mol. The van der Waals surface area contributed by atoms with Crippen molar-refractivity contribution in [3.05, 3.63) is 17.7 Å². The van der Waals surface area contributed by atoms with Crippen LogP contribution in [0.3, 0.4) is 0 Å². The molecule has 4 rings (SSSR count). The van der Waals surface area contributed by atoms with E-state index in [0.717, 1.165) is 24.8 Å². The lowest BCUT2D eigenvalue weighted by Crippen LogP contribution is -2.45. The molecule has 40 heavy (non-hydrogen) atoms. The summed E-state index contributed by atoms with van der Waals surface area (Å²) in [6.45, 7) is 10.3. The lowest BCUT2D eigenvalue weighted by Gasteiger charge is -2.30. The number of benzene rings is 1. The van der Waals surface area contributed by atoms with Gasteiger partial charge in [-0.1, -0.05) is 27.7 Å². The van der Waals surface area contributed by atoms with Crippen LogP contribution >= 0.6 is 0 Å². The molecule has 1 aromatic carbocycles. The molecule has 0 spiro atoms. The Labute approximate surface area is 236 Å². The van der Waals surface area contributed by atoms with E-state index in [4.69, 9.17) is 19.0 Å². The highest BCUT2D eigenvalue weighted by molar-refractivity contribution is 5.84. The molecule has 2 fully saturated rings. The van der Waals surface area contributed by atoms with Gasteiger partial charge in [0.2, 0.25) is 18.4 Å². The van der Waals surface area contributed by atoms with Crippen LogP contribution in [0.1, 0.15) is 64.9 Å². The lowest BCUT2D eigenvalue weighted by molar-refractivity contribution is -0.188. The van der Waals surface area contributed by atoms with Gasteiger partial charge in [0.25, 0.3) is 5.91 Å². The minimum absolute atomic E-state index is 0.0236. The summed E-state index contributed by atoms with van der Waals surface area (Å²) < 4.78 is 16.7. The van der Waals surface area contributed by atoms with Crippen LogP contribution in [-0.4, -0.2) is 97.0 Å². The molecule has 2 amide bonds. The smallest absolute Gasteiger partial charge is 0.308 e. The Kier molecular flexibility index (Phi) is 9.45. The molecule has 0 aromatic heterocycles. The van der Waals surface area contributed by atoms with Gasteiger partial charge >= 0.3 is 5.97 Å². The van der Waals surface area contributed by atoms with Crippen molar-refractivity contribution in [2.45, 2.75) is 65.3 Å². The number of rotatable bonds is 13. The van der Waals surface area contributed by atoms with Crippen molar-refractivity contribution in [3.8, 4) is 17.2 Å². The van der Waals surface area contributed by atoms with E-state index >= 15 is 0 Å². The predicted octanol–water partition coefficient (Wildman–Crippen LogP) is 3.12. The largest absolute Gasteiger partial charge is 0.493 e. The fourth-order valence-corrected chi connectivity index (χ4v) is 6.03. The second-order valence-electron chi connectivity index (χ2n) is 11.5. The zero-order valence-corrected chi connectivity index (χ0v) is 24.3. The number of nitrogens with zero attached hydrogens (tertiary/aromatic N) is 3. The number of aliphatic carboxylic acids is 1. The maximum absolute atomic E-state index is 13.4. The summed E-state index contributed by atoms with van der Waals surface area (Å²) in [4.78, 5) is 48.7. The molecule has 3 unspecified atom stereocenters. The Morgan fingerprint density at radius 1 is 1.20 bits per heavy atom. The van der Waals surface area contributed by atoms with Crippen molar-refractivity contribution in [2.75, 3.05) is 53.2 Å². The molecule has 0 bridgehead atoms. The third kappa shape index (κ3) is 6.15. The molecule has 0 radical (unpaired) electrons. The maximum Gasteiger partial charge on any atom is 0.308 e. The zero-order chi connectivity index (χ0) is 29.0. The van der Waals surface area contributed by atoms with E-state index in [0.29, 0.717) is 56.5 Å². The molecule has 0 aliphatic carbocycles. The third-order valence-corrected chi connectivity index (χ3v) is 8.20. The summed E-state index contributed by atoms with van der Waals surface area (Å²) in [5.41, 5.74) is 0.333. The lowest BCUT2D eigenvalue weighted by atomic mass is 9.84. The molecule has 11 heteroatoms. The SMILES string of the molecule is CCCON(CCC)C(=O)CN1CC(c2cc(OC)c3c(c2)OCO3)C(C(=O)O)C1CCN1CCC(C)(C)C1=O. The second-order valence-corrected chi connectivity index (χ2v) is 11.5. The van der Waals surface area contributed by atoms with Gasteiger partial charge in [-0.05, 0) is 43.4 Å². The second kappa shape index (κ2) is 12.6. The predicted molar refractivity (Wildman–Crippen MR) is 146 cm³/mol. The summed E-state index contributed by atoms with van der Waals surface area (Å²) >= 11 is 0. The standard InChI is InChI=1S/C29H43N3O8/c1-6-10-32(40-13-7-2)24(33)17-31-16-20(19-14-22(37-5)26-23(15-19)38-18-39-26)25(27(34)35)21(31)8-11-30-12-9-29(3,4)28(30)36/h14-15,20-21,25H,6-13,16-18H2,1-5H3,(H,34,35). The zero-order valence-electron chi connectivity index (χ0n) is 24.3. The Hall–Kier alpha value is -3.05. The van der Waals surface area contributed by atoms with Gasteiger partial charge in [0, 0.05) is 43.6 Å². The minimum atomic E-state index is -0.942. The Balaban J connectivity index is 1.63. The Bertz CT molecular complexity index is 1090. The van der Waals surface area contributed by atoms with Gasteiger partial charge in [-0.25, -0.2) is 5.06 Å². The molecule has 3 atom stereocenters. The first-order valence-corrected chi connectivity index (χ1v) is 14.3. The van der Waals surface area contributed by atoms with Gasteiger partial charge < -0.3 is 24.2 Å². The molecule has 3 heterocycles. The van der Waals surface area contributed by atoms with E-state index in [1.807, 2.05) is 43.6 Å². The summed E-state index contributed by atoms with van der Waals surface area (Å²) in [5.74, 6) is -0.810. The number of carbonyl (C=O) groups excluding carboxylic acids is 2. The van der Waals surface area contributed by atoms with Gasteiger partial charge in [0.15, 0.2) is 11.5 Å². The summed E-state index contributed by atoms with van der Waals surface area (Å²) in [7, 11) is 1.53. The number of hydrogen-bond acceptors (Lipinski definition) is 8. The number of hydrogen-bond donors (Lipinski definition) is 1. The summed E-state index contributed by atoms with van der Waals surface area (Å²) in [6, 6.07) is 3.15. The van der Waals surface area contributed by atoms with Crippen molar-refractivity contribution >= 4 is 17.8 Å². The van der Waals surface area contributed by atoms with Crippen molar-refractivity contribution < 1.29 is 38.5 Å². The highest BCUT2D eigenvalue weighted by atomic mass is 16.7. The van der Waals surface area contributed by atoms with Gasteiger partial charge in [-0.15, -0.1) is 0 Å². The van der Waals surface area contributed by atoms with Crippen molar-refractivity contribution in [1.82, 2.24) is 14.9 Å². The summed E-state index contributed by atoms with van der Waals surface area (Å²) in [5, 5.41) is 11.9. The topological polar surface area (TPSA) is 118 Å². The average molecular weight is 562 g/mol. The van der Waals surface area contributed by atoms with Crippen LogP contribution in [0.15, 0.2) is 12.1 Å². The molecular formula is C29H43N3O8. The molecule has 222 valence electrons. The minimum Gasteiger partial charge on any atom is -0.493 e. The van der Waals surface area contributed by atoms with Crippen molar-refractivity contribution in [1.29, 1.82) is 0 Å². The van der Waals surface area contributed by atoms with Gasteiger partial charge in [0.1, 0.15) is 0 Å². The van der Waals surface area contributed by atoms with Gasteiger partial charge in [0.05, 0.1) is 26.2 Å². The van der Waals surface area contributed by atoms with Crippen LogP contribution in [0.2, 0.25) is 0 Å². The van der Waals surface area contributed by atoms with E-state index in [9.17, 15) is 19.5 Å². The normalized spacial score (nSPS) is 23.6. The molecule has 0 saturated carbocycles. The van der Waals surface area contributed by atoms with E-state index in [2.05, 4.69) is 0 Å². The number of carboxylic acid groups (broad SMARTS) is 1. The van der Waals surface area contributed by atoms with E-state index in [1.54, 1.807) is 6.07 Å². The number of amides is 2. The van der Waals surface area contributed by atoms with Crippen LogP contribution in [0.4, 0.5) is 0 Å². The summed E-state index contributed by atoms with van der Waals surface area (Å²) in [6.07, 6.45) is 2.72. The maximum atomic E-state index is 13.4. The average Bonchev–Trinajstić information content (AvgIpc) is 3.61. The van der Waals surface area contributed by atoms with Crippen LogP contribution in [0.25, 0.3) is 0 Å². The van der Waals surface area contributed by atoms with Crippen LogP contribution in [0, 0.1) is 11.3 Å². The number of ether oxygens (including phenoxy) is 3. The van der Waals surface area contributed by atoms with Crippen molar-refractivity contribution in [2.24, 2.45) is 11.3 Å². The van der Waals surface area contributed by atoms with Crippen LogP contribution in [-0.2, 0) is 19.2 Å². The number of carbonyl (C=O) groups is 3. The highest BCUT2D eigenvalue weighted by Gasteiger charge is 2.48. The first kappa shape index (κ1) is 29.9. The Morgan fingerprint density at radius 2 is 1.98 bits per heavy atom. The molecule has 2 saturated heterocycles. The number of fused-ring (bicyclic) bond motifs is 1. The fraction of sp³-hybridized carbons (Fsp3) is 0.690. The van der Waals surface area contributed by atoms with E-state index < -0.39 is 29.3 Å². The number of methoxy groups -OCH3 is 1. The molecular weight excluding hydrogens is 518 g/mol. The molecule has 1 aromatic rings. The first-order chi connectivity index (χ1) is 19.1. The van der Waals surface area contributed by atoms with Crippen LogP contribution < -0.4 is 14.2 Å². The number of likely N-dealkylation sites (tertiary alicyclic amines) is 2. The van der Waals surface area contributed by atoms with Crippen molar-refractivity contribution in [3.63, 3.8) is 0 Å². The molecule has 3 aliphatic rings. The quantitative estimate of drug-likeness (QED) is 0.363. The van der Waals surface area contributed by atoms with Crippen LogP contribution in [0.5, 0.6) is 17.2 Å². The van der Waals surface area contributed by atoms with Gasteiger partial charge in [-0.2, -0.15) is 0 Å². The highest BCUT2D eigenvalue weighted by Crippen LogP contribution is 2.47. The molecule has 1 N–H and O–H groups in total. The van der Waals surface area contributed by atoms with Gasteiger partial charge in [-0.3, -0.25) is 24.1 Å². The molecule has 11 nitrogen and oxygen atoms in total.